The SMILES string of the molecule is Cc1ccc(Nc2cc(C)nc3c(C)cccc23)cc1.Cl. The summed E-state index contributed by atoms with van der Waals surface area (Å²) in [5, 5.41) is 4.67. The van der Waals surface area contributed by atoms with Crippen molar-refractivity contribution in [1.82, 2.24) is 4.98 Å². The van der Waals surface area contributed by atoms with Gasteiger partial charge in [-0.25, -0.2) is 0 Å². The van der Waals surface area contributed by atoms with Gasteiger partial charge in [0, 0.05) is 22.5 Å². The fourth-order valence-corrected chi connectivity index (χ4v) is 2.42. The molecule has 1 heterocycles. The number of pyridine rings is 1. The number of hydrogen-bond acceptors (Lipinski definition) is 2. The number of aryl methyl sites for hydroxylation is 3. The van der Waals surface area contributed by atoms with Gasteiger partial charge in [0.25, 0.3) is 0 Å². The summed E-state index contributed by atoms with van der Waals surface area (Å²) in [6, 6.07) is 16.8. The summed E-state index contributed by atoms with van der Waals surface area (Å²) in [6.07, 6.45) is 0. The van der Waals surface area contributed by atoms with E-state index in [9.17, 15) is 0 Å². The summed E-state index contributed by atoms with van der Waals surface area (Å²) >= 11 is 0. The number of para-hydroxylation sites is 1. The molecular weight excluding hydrogens is 280 g/mol. The fraction of sp³-hybridized carbons (Fsp3) is 0.167. The molecule has 0 saturated carbocycles. The lowest BCUT2D eigenvalue weighted by atomic mass is 10.1. The van der Waals surface area contributed by atoms with Crippen LogP contribution in [-0.2, 0) is 0 Å². The zero-order valence-electron chi connectivity index (χ0n) is 12.5. The second-order valence-corrected chi connectivity index (χ2v) is 5.27. The van der Waals surface area contributed by atoms with Crippen LogP contribution < -0.4 is 5.32 Å². The first-order valence-electron chi connectivity index (χ1n) is 6.84. The van der Waals surface area contributed by atoms with E-state index in [0.29, 0.717) is 0 Å². The number of nitrogens with zero attached hydrogens (tertiary/aromatic N) is 1. The van der Waals surface area contributed by atoms with E-state index in [1.807, 2.05) is 6.92 Å². The fourth-order valence-electron chi connectivity index (χ4n) is 2.42. The minimum Gasteiger partial charge on any atom is -0.355 e. The van der Waals surface area contributed by atoms with Gasteiger partial charge in [0.05, 0.1) is 5.52 Å². The van der Waals surface area contributed by atoms with Gasteiger partial charge in [0.15, 0.2) is 0 Å². The highest BCUT2D eigenvalue weighted by atomic mass is 35.5. The zero-order chi connectivity index (χ0) is 14.1. The molecule has 3 heteroatoms. The van der Waals surface area contributed by atoms with Gasteiger partial charge in [-0.15, -0.1) is 12.4 Å². The van der Waals surface area contributed by atoms with Crippen LogP contribution in [0.5, 0.6) is 0 Å². The van der Waals surface area contributed by atoms with E-state index in [1.165, 1.54) is 11.1 Å². The standard InChI is InChI=1S/C18H18N2.ClH/c1-12-7-9-15(10-8-12)20-17-11-14(3)19-18-13(2)5-4-6-16(17)18;/h4-11H,1-3H3,(H,19,20);1H. The largest absolute Gasteiger partial charge is 0.355 e. The molecule has 2 aromatic carbocycles. The molecule has 0 bridgehead atoms. The van der Waals surface area contributed by atoms with E-state index >= 15 is 0 Å². The molecule has 0 aliphatic carbocycles. The number of anilines is 2. The summed E-state index contributed by atoms with van der Waals surface area (Å²) in [7, 11) is 0. The monoisotopic (exact) mass is 298 g/mol. The molecule has 2 nitrogen and oxygen atoms in total. The minimum absolute atomic E-state index is 0. The van der Waals surface area contributed by atoms with Crippen molar-refractivity contribution in [1.29, 1.82) is 0 Å². The molecule has 1 aromatic heterocycles. The Morgan fingerprint density at radius 1 is 0.905 bits per heavy atom. The number of hydrogen-bond donors (Lipinski definition) is 1. The van der Waals surface area contributed by atoms with Gasteiger partial charge in [-0.05, 0) is 44.5 Å². The smallest absolute Gasteiger partial charge is 0.0755 e. The lowest BCUT2D eigenvalue weighted by Gasteiger charge is -2.12. The van der Waals surface area contributed by atoms with Gasteiger partial charge in [-0.2, -0.15) is 0 Å². The second-order valence-electron chi connectivity index (χ2n) is 5.27. The van der Waals surface area contributed by atoms with Crippen molar-refractivity contribution in [3.8, 4) is 0 Å². The summed E-state index contributed by atoms with van der Waals surface area (Å²) in [4.78, 5) is 4.65. The number of aromatic nitrogens is 1. The second kappa shape index (κ2) is 6.15. The van der Waals surface area contributed by atoms with E-state index in [4.69, 9.17) is 0 Å². The Bertz CT molecular complexity index is 764. The first-order valence-corrected chi connectivity index (χ1v) is 6.84. The van der Waals surface area contributed by atoms with Crippen LogP contribution >= 0.6 is 12.4 Å². The van der Waals surface area contributed by atoms with Crippen molar-refractivity contribution in [2.24, 2.45) is 0 Å². The summed E-state index contributed by atoms with van der Waals surface area (Å²) < 4.78 is 0. The molecule has 0 aliphatic heterocycles. The Morgan fingerprint density at radius 2 is 1.62 bits per heavy atom. The van der Waals surface area contributed by atoms with Crippen LogP contribution in [0.15, 0.2) is 48.5 Å². The Kier molecular flexibility index (Phi) is 4.49. The average Bonchev–Trinajstić information content (AvgIpc) is 2.42. The highest BCUT2D eigenvalue weighted by Gasteiger charge is 2.06. The lowest BCUT2D eigenvalue weighted by Crippen LogP contribution is -1.95. The van der Waals surface area contributed by atoms with Crippen LogP contribution in [0.3, 0.4) is 0 Å². The quantitative estimate of drug-likeness (QED) is 0.692. The molecule has 21 heavy (non-hydrogen) atoms. The average molecular weight is 299 g/mol. The molecule has 0 radical (unpaired) electrons. The van der Waals surface area contributed by atoms with Crippen LogP contribution in [0.25, 0.3) is 10.9 Å². The maximum Gasteiger partial charge on any atom is 0.0755 e. The van der Waals surface area contributed by atoms with Crippen molar-refractivity contribution in [3.63, 3.8) is 0 Å². The maximum atomic E-state index is 4.65. The third-order valence-electron chi connectivity index (χ3n) is 3.50. The molecular formula is C18H19ClN2. The summed E-state index contributed by atoms with van der Waals surface area (Å²) in [5.41, 5.74) is 6.79. The van der Waals surface area contributed by atoms with Crippen LogP contribution in [0.1, 0.15) is 16.8 Å². The van der Waals surface area contributed by atoms with Gasteiger partial charge in [-0.3, -0.25) is 4.98 Å². The first-order chi connectivity index (χ1) is 9.63. The lowest BCUT2D eigenvalue weighted by molar-refractivity contribution is 1.24. The van der Waals surface area contributed by atoms with Gasteiger partial charge < -0.3 is 5.32 Å². The molecule has 0 atom stereocenters. The van der Waals surface area contributed by atoms with E-state index in [1.54, 1.807) is 0 Å². The number of nitrogens with one attached hydrogen (secondary N) is 1. The molecule has 0 fully saturated rings. The molecule has 0 unspecified atom stereocenters. The van der Waals surface area contributed by atoms with Crippen molar-refractivity contribution >= 4 is 34.7 Å². The van der Waals surface area contributed by atoms with Crippen molar-refractivity contribution in [2.75, 3.05) is 5.32 Å². The van der Waals surface area contributed by atoms with Gasteiger partial charge in [0.2, 0.25) is 0 Å². The highest BCUT2D eigenvalue weighted by molar-refractivity contribution is 5.94. The minimum atomic E-state index is 0. The number of fused-ring (bicyclic) bond motifs is 1. The maximum absolute atomic E-state index is 4.65. The molecule has 0 saturated heterocycles. The zero-order valence-corrected chi connectivity index (χ0v) is 13.3. The normalized spacial score (nSPS) is 10.2. The molecule has 0 spiro atoms. The van der Waals surface area contributed by atoms with Crippen LogP contribution in [-0.4, -0.2) is 4.98 Å². The topological polar surface area (TPSA) is 24.9 Å². The molecule has 0 aliphatic rings. The van der Waals surface area contributed by atoms with Gasteiger partial charge >= 0.3 is 0 Å². The van der Waals surface area contributed by atoms with Crippen LogP contribution in [0, 0.1) is 20.8 Å². The van der Waals surface area contributed by atoms with E-state index in [0.717, 1.165) is 28.0 Å². The van der Waals surface area contributed by atoms with Crippen molar-refractivity contribution in [3.05, 3.63) is 65.4 Å². The number of benzene rings is 2. The molecule has 1 N–H and O–H groups in total. The third-order valence-corrected chi connectivity index (χ3v) is 3.50. The first kappa shape index (κ1) is 15.3. The third kappa shape index (κ3) is 3.17. The predicted molar refractivity (Wildman–Crippen MR) is 92.9 cm³/mol. The molecule has 0 amide bonds. The van der Waals surface area contributed by atoms with E-state index < -0.39 is 0 Å². The van der Waals surface area contributed by atoms with E-state index in [-0.39, 0.29) is 12.4 Å². The Labute approximate surface area is 131 Å². The Balaban J connectivity index is 0.00000161. The highest BCUT2D eigenvalue weighted by Crippen LogP contribution is 2.28. The van der Waals surface area contributed by atoms with E-state index in [2.05, 4.69) is 72.7 Å². The Hall–Kier alpha value is -2.06. The molecule has 3 rings (SSSR count). The molecule has 108 valence electrons. The van der Waals surface area contributed by atoms with Crippen LogP contribution in [0.2, 0.25) is 0 Å². The Morgan fingerprint density at radius 3 is 2.33 bits per heavy atom. The van der Waals surface area contributed by atoms with Crippen LogP contribution in [0.4, 0.5) is 11.4 Å². The molecule has 3 aromatic rings. The van der Waals surface area contributed by atoms with Gasteiger partial charge in [-0.1, -0.05) is 35.9 Å². The number of rotatable bonds is 2. The summed E-state index contributed by atoms with van der Waals surface area (Å²) in [6.45, 7) is 6.23. The van der Waals surface area contributed by atoms with Gasteiger partial charge in [0.1, 0.15) is 0 Å². The van der Waals surface area contributed by atoms with Crippen molar-refractivity contribution < 1.29 is 0 Å². The predicted octanol–water partition coefficient (Wildman–Crippen LogP) is 5.33. The van der Waals surface area contributed by atoms with Crippen molar-refractivity contribution in [2.45, 2.75) is 20.8 Å². The number of halogens is 1. The summed E-state index contributed by atoms with van der Waals surface area (Å²) in [5.74, 6) is 0.